The number of hydrogen-bond donors (Lipinski definition) is 4. The molecule has 0 heterocycles. The second-order valence-electron chi connectivity index (χ2n) is 16.2. The first-order chi connectivity index (χ1) is 18.0. The van der Waals surface area contributed by atoms with Crippen LogP contribution in [0.3, 0.4) is 0 Å². The van der Waals surface area contributed by atoms with Gasteiger partial charge in [-0.1, -0.05) is 108 Å². The second-order valence-corrected chi connectivity index (χ2v) is 16.2. The topological polar surface area (TPSA) is 88.2 Å². The van der Waals surface area contributed by atoms with Crippen molar-refractivity contribution < 1.29 is 10.2 Å². The van der Waals surface area contributed by atoms with Gasteiger partial charge < -0.3 is 21.0 Å². The highest BCUT2D eigenvalue weighted by Gasteiger charge is 2.37. The maximum Gasteiger partial charge on any atom is 0.128 e. The number of phenolic OH excluding ortho intramolecular Hbond substituents is 2. The molecule has 0 radical (unpaired) electrons. The minimum atomic E-state index is -0.276. The van der Waals surface area contributed by atoms with Crippen molar-refractivity contribution in [2.45, 2.75) is 130 Å². The number of nitrogens with one attached hydrogen (secondary N) is 2. The molecule has 1 fully saturated rings. The Bertz CT molecular complexity index is 1190. The molecule has 1 aliphatic carbocycles. The molecule has 0 aliphatic heterocycles. The number of rotatable bonds is 4. The SMILES string of the molecule is CC(C)(C)c1cc(C(=N)[C@@H]2CCCC[C@H]2C(=N)c2cc(C(C)(C)C)cc(C(C)(C)C)c2O)c(O)c(C(C)(C)C)c1. The summed E-state index contributed by atoms with van der Waals surface area (Å²) in [6.07, 6.45) is 3.57. The summed E-state index contributed by atoms with van der Waals surface area (Å²) in [5.74, 6) is -0.0279. The van der Waals surface area contributed by atoms with E-state index >= 15 is 0 Å². The van der Waals surface area contributed by atoms with Crippen molar-refractivity contribution in [2.24, 2.45) is 11.8 Å². The van der Waals surface area contributed by atoms with E-state index in [0.29, 0.717) is 22.6 Å². The van der Waals surface area contributed by atoms with Crippen LogP contribution in [-0.4, -0.2) is 21.6 Å². The molecule has 4 heteroatoms. The first kappa shape index (κ1) is 31.9. The Kier molecular flexibility index (Phi) is 8.50. The molecule has 2 aromatic carbocycles. The Morgan fingerprint density at radius 3 is 1.10 bits per heavy atom. The molecular formula is C36H54N2O2. The third kappa shape index (κ3) is 6.47. The second kappa shape index (κ2) is 10.7. The Morgan fingerprint density at radius 1 is 0.550 bits per heavy atom. The van der Waals surface area contributed by atoms with Crippen LogP contribution in [0.5, 0.6) is 11.5 Å². The van der Waals surface area contributed by atoms with Crippen LogP contribution in [-0.2, 0) is 21.7 Å². The fourth-order valence-electron chi connectivity index (χ4n) is 5.91. The fourth-order valence-corrected chi connectivity index (χ4v) is 5.91. The van der Waals surface area contributed by atoms with E-state index < -0.39 is 0 Å². The molecule has 0 spiro atoms. The van der Waals surface area contributed by atoms with E-state index in [1.54, 1.807) is 0 Å². The molecule has 1 aliphatic rings. The standard InChI is InChI=1S/C36H54N2O2/c1-33(2,3)21-17-25(31(39)27(19-21)35(7,8)9)29(37)23-15-13-14-16-24(23)30(38)26-18-22(34(4,5)6)20-28(32(26)40)36(10,11)12/h17-20,23-24,37-40H,13-16H2,1-12H3/t23-,24-/m1/s1. The maximum absolute atomic E-state index is 11.5. The molecule has 0 bridgehead atoms. The van der Waals surface area contributed by atoms with Gasteiger partial charge in [-0.15, -0.1) is 0 Å². The third-order valence-electron chi connectivity index (χ3n) is 8.66. The number of benzene rings is 2. The summed E-state index contributed by atoms with van der Waals surface area (Å²) < 4.78 is 0. The van der Waals surface area contributed by atoms with Crippen LogP contribution in [0.2, 0.25) is 0 Å². The van der Waals surface area contributed by atoms with Crippen LogP contribution in [0.1, 0.15) is 142 Å². The van der Waals surface area contributed by atoms with Gasteiger partial charge in [-0.2, -0.15) is 0 Å². The zero-order valence-electron chi connectivity index (χ0n) is 27.2. The summed E-state index contributed by atoms with van der Waals surface area (Å²) in [4.78, 5) is 0. The van der Waals surface area contributed by atoms with E-state index in [1.165, 1.54) is 0 Å². The number of phenols is 2. The molecule has 2 atom stereocenters. The molecular weight excluding hydrogens is 492 g/mol. The zero-order chi connectivity index (χ0) is 30.6. The van der Waals surface area contributed by atoms with E-state index in [2.05, 4.69) is 95.2 Å². The molecule has 220 valence electrons. The molecule has 4 nitrogen and oxygen atoms in total. The predicted molar refractivity (Wildman–Crippen MR) is 170 cm³/mol. The molecule has 0 amide bonds. The molecule has 40 heavy (non-hydrogen) atoms. The van der Waals surface area contributed by atoms with Gasteiger partial charge in [0.2, 0.25) is 0 Å². The quantitative estimate of drug-likeness (QED) is 0.288. The third-order valence-corrected chi connectivity index (χ3v) is 8.66. The Morgan fingerprint density at radius 2 is 0.850 bits per heavy atom. The van der Waals surface area contributed by atoms with E-state index in [4.69, 9.17) is 0 Å². The average Bonchev–Trinajstić information content (AvgIpc) is 2.80. The highest BCUT2D eigenvalue weighted by atomic mass is 16.3. The summed E-state index contributed by atoms with van der Waals surface area (Å²) in [6, 6.07) is 8.18. The van der Waals surface area contributed by atoms with Crippen molar-refractivity contribution in [3.05, 3.63) is 57.6 Å². The zero-order valence-corrected chi connectivity index (χ0v) is 27.2. The van der Waals surface area contributed by atoms with Gasteiger partial charge in [-0.05, 0) is 57.8 Å². The van der Waals surface area contributed by atoms with Gasteiger partial charge in [0.25, 0.3) is 0 Å². The van der Waals surface area contributed by atoms with E-state index in [1.807, 2.05) is 12.1 Å². The van der Waals surface area contributed by atoms with E-state index in [9.17, 15) is 21.0 Å². The summed E-state index contributed by atoms with van der Waals surface area (Å²) in [5.41, 5.74) is 5.08. The molecule has 1 saturated carbocycles. The Balaban J connectivity index is 2.17. The first-order valence-electron chi connectivity index (χ1n) is 15.0. The van der Waals surface area contributed by atoms with E-state index in [-0.39, 0.29) is 45.0 Å². The van der Waals surface area contributed by atoms with Crippen LogP contribution in [0.15, 0.2) is 24.3 Å². The van der Waals surface area contributed by atoms with Crippen LogP contribution in [0, 0.1) is 22.7 Å². The van der Waals surface area contributed by atoms with Crippen molar-refractivity contribution in [3.8, 4) is 11.5 Å². The summed E-state index contributed by atoms with van der Waals surface area (Å²) in [5, 5.41) is 42.0. The van der Waals surface area contributed by atoms with Crippen LogP contribution < -0.4 is 0 Å². The molecule has 0 unspecified atom stereocenters. The number of aromatic hydroxyl groups is 2. The van der Waals surface area contributed by atoms with E-state index in [0.717, 1.165) is 47.9 Å². The molecule has 3 rings (SSSR count). The lowest BCUT2D eigenvalue weighted by molar-refractivity contribution is 0.371. The van der Waals surface area contributed by atoms with Crippen molar-refractivity contribution in [1.29, 1.82) is 10.8 Å². The average molecular weight is 547 g/mol. The predicted octanol–water partition coefficient (Wildman–Crippen LogP) is 9.53. The largest absolute Gasteiger partial charge is 0.507 e. The first-order valence-corrected chi connectivity index (χ1v) is 15.0. The fraction of sp³-hybridized carbons (Fsp3) is 0.611. The summed E-state index contributed by atoms with van der Waals surface area (Å²) in [7, 11) is 0. The monoisotopic (exact) mass is 546 g/mol. The van der Waals surface area contributed by atoms with Crippen LogP contribution in [0.25, 0.3) is 0 Å². The van der Waals surface area contributed by atoms with Crippen molar-refractivity contribution in [2.75, 3.05) is 0 Å². The molecule has 4 N–H and O–H groups in total. The Hall–Kier alpha value is -2.62. The lowest BCUT2D eigenvalue weighted by atomic mass is 9.69. The lowest BCUT2D eigenvalue weighted by Crippen LogP contribution is -2.34. The molecule has 2 aromatic rings. The number of hydrogen-bond acceptors (Lipinski definition) is 4. The van der Waals surface area contributed by atoms with Gasteiger partial charge in [0, 0.05) is 45.5 Å². The highest BCUT2D eigenvalue weighted by Crippen LogP contribution is 2.44. The van der Waals surface area contributed by atoms with Gasteiger partial charge in [0.1, 0.15) is 11.5 Å². The molecule has 0 saturated heterocycles. The lowest BCUT2D eigenvalue weighted by Gasteiger charge is -2.35. The maximum atomic E-state index is 11.5. The van der Waals surface area contributed by atoms with Gasteiger partial charge in [-0.25, -0.2) is 0 Å². The summed E-state index contributed by atoms with van der Waals surface area (Å²) in [6.45, 7) is 25.6. The summed E-state index contributed by atoms with van der Waals surface area (Å²) >= 11 is 0. The Labute approximate surface area is 243 Å². The van der Waals surface area contributed by atoms with Crippen molar-refractivity contribution in [3.63, 3.8) is 0 Å². The van der Waals surface area contributed by atoms with Crippen LogP contribution in [0.4, 0.5) is 0 Å². The van der Waals surface area contributed by atoms with Crippen LogP contribution >= 0.6 is 0 Å². The van der Waals surface area contributed by atoms with Gasteiger partial charge in [0.15, 0.2) is 0 Å². The van der Waals surface area contributed by atoms with Gasteiger partial charge >= 0.3 is 0 Å². The molecule has 0 aromatic heterocycles. The smallest absolute Gasteiger partial charge is 0.128 e. The highest BCUT2D eigenvalue weighted by molar-refractivity contribution is 6.09. The normalized spacial score (nSPS) is 19.0. The van der Waals surface area contributed by atoms with Crippen molar-refractivity contribution in [1.82, 2.24) is 0 Å². The van der Waals surface area contributed by atoms with Gasteiger partial charge in [0.05, 0.1) is 0 Å². The van der Waals surface area contributed by atoms with Gasteiger partial charge in [-0.3, -0.25) is 0 Å². The minimum Gasteiger partial charge on any atom is -0.507 e. The minimum absolute atomic E-state index is 0.135. The van der Waals surface area contributed by atoms with Crippen molar-refractivity contribution >= 4 is 11.4 Å².